The second kappa shape index (κ2) is 10.6. The van der Waals surface area contributed by atoms with Crippen molar-refractivity contribution in [2.24, 2.45) is 0 Å². The maximum Gasteiger partial charge on any atom is 0.101 e. The Bertz CT molecular complexity index is 195. The number of aliphatic carboxylic acids is 1. The van der Waals surface area contributed by atoms with Gasteiger partial charge in [-0.3, -0.25) is 0 Å². The summed E-state index contributed by atoms with van der Waals surface area (Å²) in [4.78, 5) is 9.80. The maximum atomic E-state index is 9.80. The van der Waals surface area contributed by atoms with E-state index in [4.69, 9.17) is 5.11 Å². The van der Waals surface area contributed by atoms with Crippen LogP contribution in [0.25, 0.3) is 0 Å². The van der Waals surface area contributed by atoms with Crippen LogP contribution in [0.5, 0.6) is 0 Å². The zero-order valence-corrected chi connectivity index (χ0v) is 10.9. The number of hydrogen-bond donors (Lipinski definition) is 1. The van der Waals surface area contributed by atoms with Crippen LogP contribution in [-0.2, 0) is 4.79 Å². The number of allylic oxidation sites excluding steroid dienone is 1. The van der Waals surface area contributed by atoms with Gasteiger partial charge in [0.15, 0.2) is 0 Å². The molecule has 4 heteroatoms. The van der Waals surface area contributed by atoms with Crippen LogP contribution >= 0.6 is 0 Å². The number of aliphatic hydroxyl groups is 1. The van der Waals surface area contributed by atoms with Crippen molar-refractivity contribution < 1.29 is 19.5 Å². The highest BCUT2D eigenvalue weighted by atomic mass is 16.4. The van der Waals surface area contributed by atoms with E-state index >= 15 is 0 Å². The van der Waals surface area contributed by atoms with Crippen LogP contribution in [0.15, 0.2) is 12.2 Å². The molecule has 0 spiro atoms. The quantitative estimate of drug-likeness (QED) is 0.523. The van der Waals surface area contributed by atoms with Crippen molar-refractivity contribution in [3.8, 4) is 0 Å². The van der Waals surface area contributed by atoms with Gasteiger partial charge in [-0.15, -0.1) is 0 Å². The molecule has 0 unspecified atom stereocenters. The number of aliphatic hydroxyl groups excluding tert-OH is 1. The molecule has 0 rings (SSSR count). The molecule has 0 fully saturated rings. The van der Waals surface area contributed by atoms with Gasteiger partial charge < -0.3 is 19.5 Å². The summed E-state index contributed by atoms with van der Waals surface area (Å²) in [5.74, 6) is -1.01. The minimum absolute atomic E-state index is 0.0417. The van der Waals surface area contributed by atoms with Crippen molar-refractivity contribution in [1.82, 2.24) is 0 Å². The number of nitrogens with zero attached hydrogens (tertiary/aromatic N) is 1. The molecular weight excluding hydrogens is 206 g/mol. The van der Waals surface area contributed by atoms with Gasteiger partial charge >= 0.3 is 0 Å². The average Bonchev–Trinajstić information content (AvgIpc) is 2.11. The number of quaternary nitrogens is 1. The molecule has 0 saturated heterocycles. The normalized spacial score (nSPS) is 11.1. The molecule has 0 bridgehead atoms. The monoisotopic (exact) mass is 231 g/mol. The fraction of sp³-hybridized carbons (Fsp3) is 0.750. The molecule has 0 aromatic rings. The lowest BCUT2D eigenvalue weighted by Crippen LogP contribution is -2.36. The first kappa shape index (κ1) is 17.5. The Morgan fingerprint density at radius 3 is 2.12 bits per heavy atom. The number of carboxylic acids is 1. The van der Waals surface area contributed by atoms with Crippen molar-refractivity contribution >= 4 is 5.97 Å². The third-order valence-corrected chi connectivity index (χ3v) is 1.68. The number of carbonyl (C=O) groups excluding carboxylic acids is 1. The highest BCUT2D eigenvalue weighted by Crippen LogP contribution is 1.89. The molecule has 96 valence electrons. The molecule has 0 aliphatic carbocycles. The second-order valence-electron chi connectivity index (χ2n) is 4.57. The van der Waals surface area contributed by atoms with Crippen LogP contribution in [0.3, 0.4) is 0 Å². The van der Waals surface area contributed by atoms with E-state index in [-0.39, 0.29) is 13.0 Å². The summed E-state index contributed by atoms with van der Waals surface area (Å²) in [6.45, 7) is 3.16. The molecule has 0 aromatic carbocycles. The minimum atomic E-state index is -1.01. The molecular formula is C12H25NO3. The van der Waals surface area contributed by atoms with Crippen LogP contribution in [0.1, 0.15) is 26.2 Å². The summed E-state index contributed by atoms with van der Waals surface area (Å²) < 4.78 is 0.844. The van der Waals surface area contributed by atoms with Gasteiger partial charge in [0.05, 0.1) is 27.7 Å². The minimum Gasteiger partial charge on any atom is -0.550 e. The molecule has 0 heterocycles. The average molecular weight is 231 g/mol. The summed E-state index contributed by atoms with van der Waals surface area (Å²) in [7, 11) is 6.16. The number of rotatable bonds is 6. The first-order valence-electron chi connectivity index (χ1n) is 5.59. The third kappa shape index (κ3) is 23.2. The molecule has 4 nitrogen and oxygen atoms in total. The van der Waals surface area contributed by atoms with E-state index in [2.05, 4.69) is 21.1 Å². The van der Waals surface area contributed by atoms with Crippen LogP contribution in [0, 0.1) is 0 Å². The molecule has 1 N–H and O–H groups in total. The zero-order valence-electron chi connectivity index (χ0n) is 10.9. The largest absolute Gasteiger partial charge is 0.550 e. The predicted octanol–water partition coefficient (Wildman–Crippen LogP) is 0.168. The number of carbonyl (C=O) groups is 1. The Labute approximate surface area is 98.8 Å². The van der Waals surface area contributed by atoms with E-state index in [1.165, 1.54) is 0 Å². The summed E-state index contributed by atoms with van der Waals surface area (Å²) in [6, 6.07) is 0. The van der Waals surface area contributed by atoms with Crippen molar-refractivity contribution in [2.45, 2.75) is 26.2 Å². The Morgan fingerprint density at radius 2 is 1.88 bits per heavy atom. The van der Waals surface area contributed by atoms with Gasteiger partial charge in [-0.05, 0) is 6.42 Å². The van der Waals surface area contributed by atoms with Gasteiger partial charge in [-0.25, -0.2) is 0 Å². The number of carboxylic acid groups (broad SMARTS) is 1. The van der Waals surface area contributed by atoms with Crippen molar-refractivity contribution in [2.75, 3.05) is 34.3 Å². The molecule has 0 aliphatic rings. The van der Waals surface area contributed by atoms with E-state index in [1.807, 2.05) is 13.0 Å². The van der Waals surface area contributed by atoms with Gasteiger partial charge in [0, 0.05) is 12.4 Å². The SMILES string of the molecule is CCCC=CCC(=O)[O-].C[N+](C)(C)CCO. The highest BCUT2D eigenvalue weighted by Gasteiger charge is 2.02. The molecule has 0 aromatic heterocycles. The lowest BCUT2D eigenvalue weighted by molar-refractivity contribution is -0.870. The summed E-state index contributed by atoms with van der Waals surface area (Å²) >= 11 is 0. The van der Waals surface area contributed by atoms with E-state index in [9.17, 15) is 9.90 Å². The van der Waals surface area contributed by atoms with Crippen LogP contribution in [0.4, 0.5) is 0 Å². The molecule has 0 aliphatic heterocycles. The van der Waals surface area contributed by atoms with Crippen molar-refractivity contribution in [3.63, 3.8) is 0 Å². The van der Waals surface area contributed by atoms with Gasteiger partial charge in [0.2, 0.25) is 0 Å². The van der Waals surface area contributed by atoms with Gasteiger partial charge in [0.1, 0.15) is 6.54 Å². The third-order valence-electron chi connectivity index (χ3n) is 1.68. The molecule has 0 radical (unpaired) electrons. The van der Waals surface area contributed by atoms with Crippen LogP contribution in [-0.4, -0.2) is 49.9 Å². The summed E-state index contributed by atoms with van der Waals surface area (Å²) in [6.07, 6.45) is 5.53. The van der Waals surface area contributed by atoms with E-state index in [0.29, 0.717) is 0 Å². The fourth-order valence-corrected chi connectivity index (χ4v) is 0.764. The van der Waals surface area contributed by atoms with Gasteiger partial charge in [0.25, 0.3) is 0 Å². The molecule has 0 amide bonds. The smallest absolute Gasteiger partial charge is 0.101 e. The Hall–Kier alpha value is -0.870. The Morgan fingerprint density at radius 1 is 1.31 bits per heavy atom. The van der Waals surface area contributed by atoms with Crippen LogP contribution < -0.4 is 5.11 Å². The van der Waals surface area contributed by atoms with E-state index in [1.54, 1.807) is 6.08 Å². The number of hydrogen-bond acceptors (Lipinski definition) is 3. The van der Waals surface area contributed by atoms with Crippen LogP contribution in [0.2, 0.25) is 0 Å². The zero-order chi connectivity index (χ0) is 13.0. The summed E-state index contributed by atoms with van der Waals surface area (Å²) in [5.41, 5.74) is 0. The van der Waals surface area contributed by atoms with E-state index < -0.39 is 5.97 Å². The standard InChI is InChI=1S/C7H12O2.C5H14NO/c1-2-3-4-5-6-7(8)9;1-6(2,3)4-5-7/h4-5H,2-3,6H2,1H3,(H,8,9);7H,4-5H2,1-3H3/q;+1/p-1. The summed E-state index contributed by atoms with van der Waals surface area (Å²) in [5, 5.41) is 18.2. The first-order chi connectivity index (χ1) is 7.33. The van der Waals surface area contributed by atoms with E-state index in [0.717, 1.165) is 23.9 Å². The van der Waals surface area contributed by atoms with Gasteiger partial charge in [-0.2, -0.15) is 0 Å². The van der Waals surface area contributed by atoms with Gasteiger partial charge in [-0.1, -0.05) is 25.5 Å². The van der Waals surface area contributed by atoms with Crippen molar-refractivity contribution in [3.05, 3.63) is 12.2 Å². The predicted molar refractivity (Wildman–Crippen MR) is 63.7 cm³/mol. The maximum absolute atomic E-state index is 9.80. The lowest BCUT2D eigenvalue weighted by Gasteiger charge is -2.21. The molecule has 16 heavy (non-hydrogen) atoms. The Balaban J connectivity index is 0. The first-order valence-corrected chi connectivity index (χ1v) is 5.59. The Kier molecular flexibility index (Phi) is 11.7. The lowest BCUT2D eigenvalue weighted by atomic mass is 10.3. The molecule has 0 atom stereocenters. The topological polar surface area (TPSA) is 60.4 Å². The number of likely N-dealkylation sites (N-methyl/N-ethyl adjacent to an activating group) is 1. The van der Waals surface area contributed by atoms with Crippen molar-refractivity contribution in [1.29, 1.82) is 0 Å². The fourth-order valence-electron chi connectivity index (χ4n) is 0.764. The number of unbranched alkanes of at least 4 members (excludes halogenated alkanes) is 1. The highest BCUT2D eigenvalue weighted by molar-refractivity contribution is 5.66. The molecule has 0 saturated carbocycles. The second-order valence-corrected chi connectivity index (χ2v) is 4.57.